The average molecular weight is 297 g/mol. The van der Waals surface area contributed by atoms with Crippen LogP contribution in [0.1, 0.15) is 37.3 Å². The minimum absolute atomic E-state index is 0.00725. The second-order valence-corrected chi connectivity index (χ2v) is 7.88. The molecule has 0 bridgehead atoms. The molecular formula is C15H23NO3S. The highest BCUT2D eigenvalue weighted by Gasteiger charge is 2.40. The van der Waals surface area contributed by atoms with E-state index in [1.54, 1.807) is 0 Å². The lowest BCUT2D eigenvalue weighted by Crippen LogP contribution is -2.45. The Hall–Kier alpha value is -0.910. The highest BCUT2D eigenvalue weighted by molar-refractivity contribution is 7.88. The minimum atomic E-state index is -3.38. The first-order chi connectivity index (χ1) is 9.35. The van der Waals surface area contributed by atoms with E-state index < -0.39 is 10.0 Å². The molecular weight excluding hydrogens is 274 g/mol. The van der Waals surface area contributed by atoms with Crippen LogP contribution in [0, 0.1) is 12.3 Å². The largest absolute Gasteiger partial charge is 0.396 e. The van der Waals surface area contributed by atoms with Gasteiger partial charge in [-0.2, -0.15) is 0 Å². The first-order valence-corrected chi connectivity index (χ1v) is 8.66. The maximum Gasteiger partial charge on any atom is 0.216 e. The van der Waals surface area contributed by atoms with Gasteiger partial charge in [0.1, 0.15) is 0 Å². The topological polar surface area (TPSA) is 66.4 Å². The standard InChI is InChI=1S/C15H23NO3S/c1-12-5-3-6-13(9-12)10-20(18,19)16-14-7-4-8-15(14,2)11-17/h3,5-6,9,14,16-17H,4,7-8,10-11H2,1-2H3. The van der Waals surface area contributed by atoms with Gasteiger partial charge in [0.15, 0.2) is 0 Å². The SMILES string of the molecule is Cc1cccc(CS(=O)(=O)NC2CCCC2(C)CO)c1. The number of aliphatic hydroxyl groups excluding tert-OH is 1. The van der Waals surface area contributed by atoms with Gasteiger partial charge in [-0.1, -0.05) is 43.2 Å². The van der Waals surface area contributed by atoms with Gasteiger partial charge in [-0.05, 0) is 25.3 Å². The van der Waals surface area contributed by atoms with Gasteiger partial charge < -0.3 is 5.11 Å². The van der Waals surface area contributed by atoms with Crippen molar-refractivity contribution in [1.29, 1.82) is 0 Å². The van der Waals surface area contributed by atoms with Crippen molar-refractivity contribution in [3.05, 3.63) is 35.4 Å². The lowest BCUT2D eigenvalue weighted by atomic mass is 9.86. The second kappa shape index (κ2) is 5.84. The molecule has 20 heavy (non-hydrogen) atoms. The molecule has 1 aliphatic carbocycles. The lowest BCUT2D eigenvalue weighted by molar-refractivity contribution is 0.127. The summed E-state index contributed by atoms with van der Waals surface area (Å²) in [6.45, 7) is 3.91. The van der Waals surface area contributed by atoms with Crippen molar-refractivity contribution in [2.45, 2.75) is 44.9 Å². The third-order valence-electron chi connectivity index (χ3n) is 4.20. The summed E-state index contributed by atoms with van der Waals surface area (Å²) in [5.41, 5.74) is 1.51. The Balaban J connectivity index is 2.08. The Morgan fingerprint density at radius 1 is 1.45 bits per heavy atom. The molecule has 0 amide bonds. The van der Waals surface area contributed by atoms with E-state index in [2.05, 4.69) is 4.72 Å². The van der Waals surface area contributed by atoms with Crippen molar-refractivity contribution in [2.24, 2.45) is 5.41 Å². The summed E-state index contributed by atoms with van der Waals surface area (Å²) in [5.74, 6) is -0.00725. The molecule has 2 rings (SSSR count). The van der Waals surface area contributed by atoms with Crippen molar-refractivity contribution < 1.29 is 13.5 Å². The predicted octanol–water partition coefficient (Wildman–Crippen LogP) is 1.97. The van der Waals surface area contributed by atoms with Gasteiger partial charge in [-0.25, -0.2) is 13.1 Å². The monoisotopic (exact) mass is 297 g/mol. The summed E-state index contributed by atoms with van der Waals surface area (Å²) in [4.78, 5) is 0. The number of benzene rings is 1. The number of sulfonamides is 1. The molecule has 1 aliphatic rings. The van der Waals surface area contributed by atoms with E-state index in [-0.39, 0.29) is 23.8 Å². The second-order valence-electron chi connectivity index (χ2n) is 6.12. The van der Waals surface area contributed by atoms with Gasteiger partial charge in [-0.15, -0.1) is 0 Å². The van der Waals surface area contributed by atoms with Gasteiger partial charge in [-0.3, -0.25) is 0 Å². The van der Waals surface area contributed by atoms with Crippen LogP contribution in [-0.4, -0.2) is 26.2 Å². The normalized spacial score (nSPS) is 26.9. The van der Waals surface area contributed by atoms with Crippen LogP contribution in [0.4, 0.5) is 0 Å². The van der Waals surface area contributed by atoms with E-state index in [1.807, 2.05) is 38.1 Å². The molecule has 0 radical (unpaired) electrons. The smallest absolute Gasteiger partial charge is 0.216 e. The fraction of sp³-hybridized carbons (Fsp3) is 0.600. The molecule has 2 atom stereocenters. The van der Waals surface area contributed by atoms with Crippen LogP contribution < -0.4 is 4.72 Å². The number of hydrogen-bond acceptors (Lipinski definition) is 3. The molecule has 0 spiro atoms. The summed E-state index contributed by atoms with van der Waals surface area (Å²) in [6.07, 6.45) is 2.61. The zero-order valence-corrected chi connectivity index (χ0v) is 12.9. The fourth-order valence-corrected chi connectivity index (χ4v) is 4.44. The molecule has 1 saturated carbocycles. The summed E-state index contributed by atoms with van der Waals surface area (Å²) in [7, 11) is -3.38. The number of aliphatic hydroxyl groups is 1. The van der Waals surface area contributed by atoms with Crippen molar-refractivity contribution in [3.8, 4) is 0 Å². The van der Waals surface area contributed by atoms with Crippen LogP contribution in [0.25, 0.3) is 0 Å². The van der Waals surface area contributed by atoms with E-state index >= 15 is 0 Å². The Morgan fingerprint density at radius 3 is 2.85 bits per heavy atom. The summed E-state index contributed by atoms with van der Waals surface area (Å²) < 4.78 is 27.3. The third kappa shape index (κ3) is 3.59. The van der Waals surface area contributed by atoms with Crippen LogP contribution in [0.2, 0.25) is 0 Å². The zero-order valence-electron chi connectivity index (χ0n) is 12.1. The first kappa shape index (κ1) is 15.5. The minimum Gasteiger partial charge on any atom is -0.396 e. The number of hydrogen-bond donors (Lipinski definition) is 2. The Kier molecular flexibility index (Phi) is 4.52. The summed E-state index contributed by atoms with van der Waals surface area (Å²) >= 11 is 0. The maximum atomic E-state index is 12.3. The van der Waals surface area contributed by atoms with E-state index in [0.29, 0.717) is 0 Å². The predicted molar refractivity (Wildman–Crippen MR) is 79.8 cm³/mol. The molecule has 112 valence electrons. The Bertz CT molecular complexity index is 570. The maximum absolute atomic E-state index is 12.3. The Labute approximate surface area is 121 Å². The molecule has 4 nitrogen and oxygen atoms in total. The van der Waals surface area contributed by atoms with Crippen molar-refractivity contribution in [2.75, 3.05) is 6.61 Å². The molecule has 0 saturated heterocycles. The van der Waals surface area contributed by atoms with Crippen LogP contribution in [-0.2, 0) is 15.8 Å². The molecule has 1 aromatic rings. The van der Waals surface area contributed by atoms with Gasteiger partial charge in [0.2, 0.25) is 10.0 Å². The lowest BCUT2D eigenvalue weighted by Gasteiger charge is -2.29. The molecule has 0 aliphatic heterocycles. The molecule has 1 aromatic carbocycles. The van der Waals surface area contributed by atoms with E-state index in [1.165, 1.54) is 0 Å². The zero-order chi connectivity index (χ0) is 14.8. The van der Waals surface area contributed by atoms with Gasteiger partial charge >= 0.3 is 0 Å². The van der Waals surface area contributed by atoms with Crippen LogP contribution >= 0.6 is 0 Å². The first-order valence-electron chi connectivity index (χ1n) is 7.01. The number of aryl methyl sites for hydroxylation is 1. The number of rotatable bonds is 5. The van der Waals surface area contributed by atoms with Crippen molar-refractivity contribution in [3.63, 3.8) is 0 Å². The van der Waals surface area contributed by atoms with Gasteiger partial charge in [0.25, 0.3) is 0 Å². The number of nitrogens with one attached hydrogen (secondary N) is 1. The van der Waals surface area contributed by atoms with Gasteiger partial charge in [0.05, 0.1) is 5.75 Å². The van der Waals surface area contributed by atoms with E-state index in [4.69, 9.17) is 0 Å². The highest BCUT2D eigenvalue weighted by Crippen LogP contribution is 2.37. The Morgan fingerprint density at radius 2 is 2.20 bits per heavy atom. The van der Waals surface area contributed by atoms with Crippen molar-refractivity contribution in [1.82, 2.24) is 4.72 Å². The summed E-state index contributed by atoms with van der Waals surface area (Å²) in [6, 6.07) is 7.37. The van der Waals surface area contributed by atoms with Crippen LogP contribution in [0.5, 0.6) is 0 Å². The van der Waals surface area contributed by atoms with Crippen LogP contribution in [0.15, 0.2) is 24.3 Å². The van der Waals surface area contributed by atoms with Gasteiger partial charge in [0, 0.05) is 18.1 Å². The average Bonchev–Trinajstić information content (AvgIpc) is 2.70. The van der Waals surface area contributed by atoms with E-state index in [9.17, 15) is 13.5 Å². The molecule has 1 fully saturated rings. The molecule has 5 heteroatoms. The van der Waals surface area contributed by atoms with Crippen LogP contribution in [0.3, 0.4) is 0 Å². The third-order valence-corrected chi connectivity index (χ3v) is 5.56. The summed E-state index contributed by atoms with van der Waals surface area (Å²) in [5, 5.41) is 9.48. The molecule has 0 aromatic heterocycles. The molecule has 2 unspecified atom stereocenters. The fourth-order valence-electron chi connectivity index (χ4n) is 2.90. The molecule has 2 N–H and O–H groups in total. The quantitative estimate of drug-likeness (QED) is 0.873. The highest BCUT2D eigenvalue weighted by atomic mass is 32.2. The van der Waals surface area contributed by atoms with E-state index in [0.717, 1.165) is 30.4 Å². The van der Waals surface area contributed by atoms with Crippen molar-refractivity contribution >= 4 is 10.0 Å². The molecule has 0 heterocycles.